The maximum atomic E-state index is 13.5. The van der Waals surface area contributed by atoms with Gasteiger partial charge in [-0.1, -0.05) is 36.4 Å². The minimum absolute atomic E-state index is 0.201. The number of anilines is 1. The lowest BCUT2D eigenvalue weighted by Gasteiger charge is -2.13. The van der Waals surface area contributed by atoms with Gasteiger partial charge in [-0.3, -0.25) is 14.2 Å². The molecule has 35 heavy (non-hydrogen) atoms. The number of nitrogens with one attached hydrogen (secondary N) is 1. The highest BCUT2D eigenvalue weighted by Gasteiger charge is 2.21. The van der Waals surface area contributed by atoms with Crippen molar-refractivity contribution in [2.75, 3.05) is 25.3 Å². The first-order chi connectivity index (χ1) is 16.9. The number of carbonyl (C=O) groups is 1. The first-order valence-corrected chi connectivity index (χ1v) is 12.5. The summed E-state index contributed by atoms with van der Waals surface area (Å²) >= 11 is 2.69. The van der Waals surface area contributed by atoms with E-state index in [0.29, 0.717) is 31.9 Å². The molecule has 2 heterocycles. The number of aryl methyl sites for hydroxylation is 1. The minimum atomic E-state index is -0.632. The summed E-state index contributed by atoms with van der Waals surface area (Å²) in [6.45, 7) is 3.57. The molecule has 0 radical (unpaired) electrons. The standard InChI is InChI=1S/C24H24N4O5S2/c1-5-34-23-26-21-20(35-23)22(30)28(16-9-6-14(2)7-10-16)24(31)27(21)13-19(29)25-15-8-11-17(32-3)18(12-15)33-4/h6-12H,5,13H2,1-4H3,(H,25,29). The molecule has 1 N–H and O–H groups in total. The van der Waals surface area contributed by atoms with Gasteiger partial charge in [-0.15, -0.1) is 11.3 Å². The molecule has 0 saturated carbocycles. The number of thiazole rings is 1. The second-order valence-corrected chi connectivity index (χ2v) is 10.0. The van der Waals surface area contributed by atoms with Gasteiger partial charge in [0.15, 0.2) is 21.5 Å². The van der Waals surface area contributed by atoms with Crippen molar-refractivity contribution in [3.63, 3.8) is 0 Å². The first-order valence-electron chi connectivity index (χ1n) is 10.7. The Bertz CT molecular complexity index is 1510. The summed E-state index contributed by atoms with van der Waals surface area (Å²) < 4.78 is 13.8. The van der Waals surface area contributed by atoms with E-state index in [1.807, 2.05) is 26.0 Å². The zero-order chi connectivity index (χ0) is 25.1. The van der Waals surface area contributed by atoms with Crippen molar-refractivity contribution in [2.45, 2.75) is 24.7 Å². The molecule has 1 amide bonds. The number of nitrogens with zero attached hydrogens (tertiary/aromatic N) is 3. The third-order valence-corrected chi connectivity index (χ3v) is 7.25. The number of aromatic nitrogens is 3. The fraction of sp³-hybridized carbons (Fsp3) is 0.250. The van der Waals surface area contributed by atoms with Crippen LogP contribution in [0, 0.1) is 6.92 Å². The largest absolute Gasteiger partial charge is 0.493 e. The average molecular weight is 513 g/mol. The summed E-state index contributed by atoms with van der Waals surface area (Å²) in [5, 5.41) is 2.77. The molecule has 2 aromatic carbocycles. The van der Waals surface area contributed by atoms with E-state index in [1.54, 1.807) is 30.3 Å². The summed E-state index contributed by atoms with van der Waals surface area (Å²) in [6.07, 6.45) is 0. The van der Waals surface area contributed by atoms with E-state index in [0.717, 1.165) is 15.9 Å². The van der Waals surface area contributed by atoms with Crippen LogP contribution in [0.3, 0.4) is 0 Å². The second-order valence-electron chi connectivity index (χ2n) is 7.53. The normalized spacial score (nSPS) is 11.0. The second kappa shape index (κ2) is 10.4. The molecule has 0 spiro atoms. The number of rotatable bonds is 8. The molecule has 0 aliphatic rings. The molecule has 11 heteroatoms. The van der Waals surface area contributed by atoms with Gasteiger partial charge < -0.3 is 14.8 Å². The van der Waals surface area contributed by atoms with Gasteiger partial charge in [0.25, 0.3) is 5.56 Å². The quantitative estimate of drug-likeness (QED) is 0.359. The lowest BCUT2D eigenvalue weighted by Crippen LogP contribution is -2.40. The third-order valence-electron chi connectivity index (χ3n) is 5.19. The Morgan fingerprint density at radius 2 is 1.80 bits per heavy atom. The van der Waals surface area contributed by atoms with Gasteiger partial charge in [-0.25, -0.2) is 14.3 Å². The van der Waals surface area contributed by atoms with Crippen LogP contribution in [0.2, 0.25) is 0 Å². The molecule has 0 saturated heterocycles. The lowest BCUT2D eigenvalue weighted by atomic mass is 10.2. The van der Waals surface area contributed by atoms with Crippen molar-refractivity contribution in [2.24, 2.45) is 0 Å². The number of hydrogen-bond acceptors (Lipinski definition) is 8. The summed E-state index contributed by atoms with van der Waals surface area (Å²) in [5.74, 6) is 1.29. The summed E-state index contributed by atoms with van der Waals surface area (Å²) in [7, 11) is 3.03. The van der Waals surface area contributed by atoms with Gasteiger partial charge in [-0.05, 0) is 36.9 Å². The van der Waals surface area contributed by atoms with Gasteiger partial charge in [-0.2, -0.15) is 0 Å². The number of amides is 1. The van der Waals surface area contributed by atoms with Crippen LogP contribution in [0.4, 0.5) is 5.69 Å². The highest BCUT2D eigenvalue weighted by molar-refractivity contribution is 8.01. The highest BCUT2D eigenvalue weighted by atomic mass is 32.2. The smallest absolute Gasteiger partial charge is 0.337 e. The van der Waals surface area contributed by atoms with E-state index in [-0.39, 0.29) is 12.2 Å². The Morgan fingerprint density at radius 3 is 2.46 bits per heavy atom. The monoisotopic (exact) mass is 512 g/mol. The molecule has 0 aliphatic carbocycles. The van der Waals surface area contributed by atoms with E-state index >= 15 is 0 Å². The first kappa shape index (κ1) is 24.6. The molecule has 4 aromatic rings. The van der Waals surface area contributed by atoms with E-state index in [1.165, 1.54) is 41.9 Å². The van der Waals surface area contributed by atoms with Crippen LogP contribution in [0.1, 0.15) is 12.5 Å². The van der Waals surface area contributed by atoms with Gasteiger partial charge in [0, 0.05) is 11.8 Å². The molecule has 0 aliphatic heterocycles. The van der Waals surface area contributed by atoms with Gasteiger partial charge in [0.2, 0.25) is 5.91 Å². The number of benzene rings is 2. The van der Waals surface area contributed by atoms with Gasteiger partial charge in [0.1, 0.15) is 11.2 Å². The molecule has 0 fully saturated rings. The van der Waals surface area contributed by atoms with E-state index in [2.05, 4.69) is 10.3 Å². The average Bonchev–Trinajstić information content (AvgIpc) is 3.27. The van der Waals surface area contributed by atoms with Crippen LogP contribution in [-0.4, -0.2) is 40.0 Å². The lowest BCUT2D eigenvalue weighted by molar-refractivity contribution is -0.116. The Morgan fingerprint density at radius 1 is 1.09 bits per heavy atom. The predicted octanol–water partition coefficient (Wildman–Crippen LogP) is 3.69. The topological polar surface area (TPSA) is 104 Å². The van der Waals surface area contributed by atoms with Crippen LogP contribution in [0.25, 0.3) is 16.0 Å². The van der Waals surface area contributed by atoms with Crippen molar-refractivity contribution in [3.8, 4) is 17.2 Å². The molecular weight excluding hydrogens is 488 g/mol. The number of thioether (sulfide) groups is 1. The Balaban J connectivity index is 1.78. The fourth-order valence-electron chi connectivity index (χ4n) is 3.52. The predicted molar refractivity (Wildman–Crippen MR) is 139 cm³/mol. The Labute approximate surface area is 209 Å². The van der Waals surface area contributed by atoms with Crippen molar-refractivity contribution in [1.29, 1.82) is 0 Å². The van der Waals surface area contributed by atoms with Crippen molar-refractivity contribution >= 4 is 45.0 Å². The number of fused-ring (bicyclic) bond motifs is 1. The third kappa shape index (κ3) is 4.96. The maximum Gasteiger partial charge on any atom is 0.337 e. The maximum absolute atomic E-state index is 13.5. The van der Waals surface area contributed by atoms with Crippen LogP contribution in [-0.2, 0) is 11.3 Å². The molecule has 0 bridgehead atoms. The summed E-state index contributed by atoms with van der Waals surface area (Å²) in [5.41, 5.74) is 1.02. The van der Waals surface area contributed by atoms with Gasteiger partial charge >= 0.3 is 5.69 Å². The van der Waals surface area contributed by atoms with Crippen LogP contribution in [0.15, 0.2) is 56.4 Å². The summed E-state index contributed by atoms with van der Waals surface area (Å²) in [6, 6.07) is 12.0. The minimum Gasteiger partial charge on any atom is -0.493 e. The molecule has 4 rings (SSSR count). The van der Waals surface area contributed by atoms with E-state index in [9.17, 15) is 14.4 Å². The number of methoxy groups -OCH3 is 2. The van der Waals surface area contributed by atoms with Crippen LogP contribution >= 0.6 is 23.1 Å². The molecule has 0 unspecified atom stereocenters. The van der Waals surface area contributed by atoms with Crippen molar-refractivity contribution in [3.05, 3.63) is 68.9 Å². The fourth-order valence-corrected chi connectivity index (χ4v) is 5.49. The zero-order valence-electron chi connectivity index (χ0n) is 19.7. The SMILES string of the molecule is CCSc1nc2c(s1)c(=O)n(-c1ccc(C)cc1)c(=O)n2CC(=O)Nc1ccc(OC)c(OC)c1. The van der Waals surface area contributed by atoms with Crippen molar-refractivity contribution < 1.29 is 14.3 Å². The molecule has 9 nitrogen and oxygen atoms in total. The van der Waals surface area contributed by atoms with E-state index < -0.39 is 17.2 Å². The van der Waals surface area contributed by atoms with Crippen LogP contribution < -0.4 is 26.0 Å². The number of hydrogen-bond donors (Lipinski definition) is 1. The van der Waals surface area contributed by atoms with Crippen LogP contribution in [0.5, 0.6) is 11.5 Å². The molecule has 2 aromatic heterocycles. The Hall–Kier alpha value is -3.57. The number of carbonyl (C=O) groups excluding carboxylic acids is 1. The highest BCUT2D eigenvalue weighted by Crippen LogP contribution is 2.30. The zero-order valence-corrected chi connectivity index (χ0v) is 21.3. The number of ether oxygens (including phenoxy) is 2. The summed E-state index contributed by atoms with van der Waals surface area (Å²) in [4.78, 5) is 44.3. The Kier molecular flexibility index (Phi) is 7.27. The van der Waals surface area contributed by atoms with Gasteiger partial charge in [0.05, 0.1) is 19.9 Å². The van der Waals surface area contributed by atoms with E-state index in [4.69, 9.17) is 9.47 Å². The van der Waals surface area contributed by atoms with Crippen molar-refractivity contribution in [1.82, 2.24) is 14.1 Å². The molecule has 0 atom stereocenters. The molecular formula is C24H24N4O5S2. The molecule has 182 valence electrons.